The summed E-state index contributed by atoms with van der Waals surface area (Å²) in [6.45, 7) is 4.21. The summed E-state index contributed by atoms with van der Waals surface area (Å²) in [4.78, 5) is 0. The van der Waals surface area contributed by atoms with Crippen molar-refractivity contribution in [2.75, 3.05) is 40.4 Å². The van der Waals surface area contributed by atoms with E-state index in [1.54, 1.807) is 0 Å². The second-order valence-corrected chi connectivity index (χ2v) is 4.17. The zero-order valence-corrected chi connectivity index (χ0v) is 9.70. The summed E-state index contributed by atoms with van der Waals surface area (Å²) in [5, 5.41) is 15.9. The predicted molar refractivity (Wildman–Crippen MR) is 57.7 cm³/mol. The van der Waals surface area contributed by atoms with Crippen LogP contribution in [0.2, 0.25) is 0 Å². The molecule has 1 aliphatic heterocycles. The van der Waals surface area contributed by atoms with E-state index in [0.717, 1.165) is 17.7 Å². The number of nitrogens with zero attached hydrogens (tertiary/aromatic N) is 3. The summed E-state index contributed by atoms with van der Waals surface area (Å²) in [7, 11) is 4.48. The molecule has 0 spiro atoms. The average molecular weight is 210 g/mol. The minimum atomic E-state index is 0.508. The molecule has 84 valence electrons. The van der Waals surface area contributed by atoms with Gasteiger partial charge in [-0.25, -0.2) is 0 Å². The van der Waals surface area contributed by atoms with E-state index in [0.29, 0.717) is 19.3 Å². The maximum atomic E-state index is 7.93. The molecule has 0 saturated carbocycles. The highest BCUT2D eigenvalue weighted by atomic mass is 16.5. The first-order chi connectivity index (χ1) is 7.12. The first-order valence-electron chi connectivity index (χ1n) is 5.26. The number of hydrogen-bond donors (Lipinski definition) is 0. The first-order valence-corrected chi connectivity index (χ1v) is 5.26. The summed E-state index contributed by atoms with van der Waals surface area (Å²) >= 11 is 0. The molecule has 1 heterocycles. The highest BCUT2D eigenvalue weighted by Crippen LogP contribution is 2.01. The Hall–Kier alpha value is -1.10. The molecule has 4 heteroatoms. The van der Waals surface area contributed by atoms with Crippen LogP contribution in [0.25, 0.3) is 0 Å². The van der Waals surface area contributed by atoms with Crippen molar-refractivity contribution in [2.24, 2.45) is 0 Å². The lowest BCUT2D eigenvalue weighted by Crippen LogP contribution is -2.48. The summed E-state index contributed by atoms with van der Waals surface area (Å²) < 4.78 is 6.31. The quantitative estimate of drug-likeness (QED) is 0.510. The molecule has 0 bridgehead atoms. The molecule has 0 aliphatic carbocycles. The third kappa shape index (κ3) is 9.21. The zero-order valence-electron chi connectivity index (χ0n) is 9.70. The molecule has 0 aromatic carbocycles. The Morgan fingerprint density at radius 1 is 1.07 bits per heavy atom. The largest absolute Gasteiger partial charge is 0.370 e. The van der Waals surface area contributed by atoms with Crippen molar-refractivity contribution in [2.45, 2.75) is 19.3 Å². The lowest BCUT2D eigenvalue weighted by atomic mass is 10.3. The zero-order chi connectivity index (χ0) is 11.6. The van der Waals surface area contributed by atoms with E-state index in [1.165, 1.54) is 13.1 Å². The van der Waals surface area contributed by atoms with Gasteiger partial charge in [-0.15, -0.1) is 0 Å². The standard InChI is InChI=1S/C6H14NO.C5H6N2/c1-7(2)3-5-8-6-4-7;6-4-2-1-3-5-7/h3-6H2,1-2H3;1-3H2/q+1;. The topological polar surface area (TPSA) is 56.8 Å². The lowest BCUT2D eigenvalue weighted by molar-refractivity contribution is -0.898. The fourth-order valence-electron chi connectivity index (χ4n) is 1.08. The van der Waals surface area contributed by atoms with Gasteiger partial charge >= 0.3 is 0 Å². The van der Waals surface area contributed by atoms with Crippen LogP contribution in [0.1, 0.15) is 19.3 Å². The van der Waals surface area contributed by atoms with Gasteiger partial charge in [0.15, 0.2) is 0 Å². The van der Waals surface area contributed by atoms with Crippen molar-refractivity contribution in [3.05, 3.63) is 0 Å². The fourth-order valence-corrected chi connectivity index (χ4v) is 1.08. The number of nitriles is 2. The van der Waals surface area contributed by atoms with Gasteiger partial charge in [-0.2, -0.15) is 10.5 Å². The Kier molecular flexibility index (Phi) is 7.62. The molecular formula is C11H20N3O+. The third-order valence-corrected chi connectivity index (χ3v) is 2.26. The molecule has 0 aromatic rings. The second kappa shape index (κ2) is 8.23. The number of hydrogen-bond acceptors (Lipinski definition) is 3. The monoisotopic (exact) mass is 210 g/mol. The van der Waals surface area contributed by atoms with Crippen molar-refractivity contribution < 1.29 is 9.22 Å². The minimum absolute atomic E-state index is 0.508. The number of likely N-dealkylation sites (N-methyl/N-ethyl adjacent to an activating group) is 1. The maximum Gasteiger partial charge on any atom is 0.102 e. The molecule has 0 radical (unpaired) electrons. The van der Waals surface area contributed by atoms with Gasteiger partial charge < -0.3 is 9.22 Å². The lowest BCUT2D eigenvalue weighted by Gasteiger charge is -2.33. The predicted octanol–water partition coefficient (Wildman–Crippen LogP) is 1.30. The molecule has 0 N–H and O–H groups in total. The SMILES string of the molecule is C[N+]1(C)CCOCC1.N#CCCCC#N. The Bertz CT molecular complexity index is 215. The molecule has 1 saturated heterocycles. The number of morpholine rings is 1. The van der Waals surface area contributed by atoms with Crippen LogP contribution in [0.4, 0.5) is 0 Å². The molecule has 0 aromatic heterocycles. The van der Waals surface area contributed by atoms with Gasteiger partial charge in [-0.3, -0.25) is 0 Å². The van der Waals surface area contributed by atoms with Crippen LogP contribution in [-0.2, 0) is 4.74 Å². The Balaban J connectivity index is 0.000000265. The van der Waals surface area contributed by atoms with Crippen molar-refractivity contribution in [3.63, 3.8) is 0 Å². The van der Waals surface area contributed by atoms with E-state index in [2.05, 4.69) is 14.1 Å². The number of unbranched alkanes of at least 4 members (excludes halogenated alkanes) is 2. The second-order valence-electron chi connectivity index (χ2n) is 4.17. The number of quaternary nitrogens is 1. The molecule has 0 atom stereocenters. The van der Waals surface area contributed by atoms with E-state index in [4.69, 9.17) is 15.3 Å². The van der Waals surface area contributed by atoms with Crippen LogP contribution in [0, 0.1) is 22.7 Å². The summed E-state index contributed by atoms with van der Waals surface area (Å²) in [5.74, 6) is 0. The van der Waals surface area contributed by atoms with Crippen LogP contribution >= 0.6 is 0 Å². The van der Waals surface area contributed by atoms with Crippen LogP contribution in [-0.4, -0.2) is 44.9 Å². The van der Waals surface area contributed by atoms with Crippen LogP contribution in [0.3, 0.4) is 0 Å². The van der Waals surface area contributed by atoms with Crippen LogP contribution < -0.4 is 0 Å². The van der Waals surface area contributed by atoms with Crippen LogP contribution in [0.15, 0.2) is 0 Å². The minimum Gasteiger partial charge on any atom is -0.370 e. The van der Waals surface area contributed by atoms with E-state index < -0.39 is 0 Å². The number of rotatable bonds is 2. The van der Waals surface area contributed by atoms with Crippen molar-refractivity contribution in [1.82, 2.24) is 0 Å². The van der Waals surface area contributed by atoms with Gasteiger partial charge in [-0.05, 0) is 6.42 Å². The smallest absolute Gasteiger partial charge is 0.102 e. The summed E-state index contributed by atoms with van der Waals surface area (Å²) in [6.07, 6.45) is 1.73. The average Bonchev–Trinajstić information content (AvgIpc) is 2.19. The first kappa shape index (κ1) is 13.9. The molecule has 15 heavy (non-hydrogen) atoms. The van der Waals surface area contributed by atoms with Gasteiger partial charge in [-0.1, -0.05) is 0 Å². The molecular weight excluding hydrogens is 190 g/mol. The Labute approximate surface area is 92.3 Å². The summed E-state index contributed by atoms with van der Waals surface area (Å²) in [5.41, 5.74) is 0. The maximum absolute atomic E-state index is 7.93. The summed E-state index contributed by atoms with van der Waals surface area (Å²) in [6, 6.07) is 3.90. The Morgan fingerprint density at radius 2 is 1.53 bits per heavy atom. The molecule has 0 amide bonds. The highest BCUT2D eigenvalue weighted by molar-refractivity contribution is 4.74. The van der Waals surface area contributed by atoms with Crippen LogP contribution in [0.5, 0.6) is 0 Å². The van der Waals surface area contributed by atoms with E-state index in [9.17, 15) is 0 Å². The van der Waals surface area contributed by atoms with Gasteiger partial charge in [0.2, 0.25) is 0 Å². The van der Waals surface area contributed by atoms with Gasteiger partial charge in [0.25, 0.3) is 0 Å². The van der Waals surface area contributed by atoms with Crippen molar-refractivity contribution >= 4 is 0 Å². The van der Waals surface area contributed by atoms with E-state index in [1.807, 2.05) is 12.1 Å². The molecule has 0 unspecified atom stereocenters. The van der Waals surface area contributed by atoms with Gasteiger partial charge in [0.1, 0.15) is 13.1 Å². The highest BCUT2D eigenvalue weighted by Gasteiger charge is 2.18. The normalized spacial score (nSPS) is 17.9. The number of ether oxygens (including phenoxy) is 1. The fraction of sp³-hybridized carbons (Fsp3) is 0.818. The van der Waals surface area contributed by atoms with Crippen molar-refractivity contribution in [3.8, 4) is 12.1 Å². The Morgan fingerprint density at radius 3 is 1.80 bits per heavy atom. The third-order valence-electron chi connectivity index (χ3n) is 2.26. The van der Waals surface area contributed by atoms with E-state index in [-0.39, 0.29) is 0 Å². The molecule has 1 aliphatic rings. The van der Waals surface area contributed by atoms with Gasteiger partial charge in [0, 0.05) is 12.8 Å². The molecule has 4 nitrogen and oxygen atoms in total. The van der Waals surface area contributed by atoms with E-state index >= 15 is 0 Å². The molecule has 1 fully saturated rings. The van der Waals surface area contributed by atoms with Gasteiger partial charge in [0.05, 0.1) is 39.4 Å². The molecule has 1 rings (SSSR count). The van der Waals surface area contributed by atoms with Crippen molar-refractivity contribution in [1.29, 1.82) is 10.5 Å².